The van der Waals surface area contributed by atoms with Crippen LogP contribution in [0.4, 0.5) is 5.69 Å². The molecule has 2 N–H and O–H groups in total. The van der Waals surface area contributed by atoms with Crippen molar-refractivity contribution in [2.24, 2.45) is 4.99 Å². The van der Waals surface area contributed by atoms with E-state index in [9.17, 15) is 4.79 Å². The zero-order valence-corrected chi connectivity index (χ0v) is 20.7. The Morgan fingerprint density at radius 3 is 2.67 bits per heavy atom. The quantitative estimate of drug-likeness (QED) is 0.323. The van der Waals surface area contributed by atoms with E-state index in [-0.39, 0.29) is 29.9 Å². The Balaban J connectivity index is 0.00000320. The van der Waals surface area contributed by atoms with Gasteiger partial charge < -0.3 is 20.3 Å². The van der Waals surface area contributed by atoms with Crippen molar-refractivity contribution in [2.75, 3.05) is 44.3 Å². The molecule has 1 aromatic rings. The van der Waals surface area contributed by atoms with Crippen LogP contribution in [0, 0.1) is 0 Å². The number of amides is 1. The summed E-state index contributed by atoms with van der Waals surface area (Å²) in [7, 11) is 0. The number of carbonyl (C=O) groups is 1. The third-order valence-corrected chi connectivity index (χ3v) is 5.64. The molecule has 0 spiro atoms. The molecule has 168 valence electrons. The number of morpholine rings is 1. The zero-order valence-electron chi connectivity index (χ0n) is 18.4. The van der Waals surface area contributed by atoms with Gasteiger partial charge in [-0.2, -0.15) is 0 Å². The number of benzene rings is 1. The van der Waals surface area contributed by atoms with E-state index in [1.165, 1.54) is 0 Å². The van der Waals surface area contributed by atoms with E-state index in [1.54, 1.807) is 0 Å². The highest BCUT2D eigenvalue weighted by atomic mass is 127. The molecule has 1 amide bonds. The maximum atomic E-state index is 11.9. The fourth-order valence-electron chi connectivity index (χ4n) is 3.97. The van der Waals surface area contributed by atoms with Crippen molar-refractivity contribution in [2.45, 2.75) is 52.2 Å². The van der Waals surface area contributed by atoms with Crippen molar-refractivity contribution < 1.29 is 9.53 Å². The summed E-state index contributed by atoms with van der Waals surface area (Å²) in [4.78, 5) is 21.0. The average Bonchev–Trinajstić information content (AvgIpc) is 3.16. The normalized spacial score (nSPS) is 21.3. The maximum absolute atomic E-state index is 11.9. The molecule has 1 aromatic carbocycles. The smallest absolute Gasteiger partial charge is 0.227 e. The van der Waals surface area contributed by atoms with Gasteiger partial charge in [-0.25, -0.2) is 4.99 Å². The summed E-state index contributed by atoms with van der Waals surface area (Å²) >= 11 is 0. The van der Waals surface area contributed by atoms with Crippen molar-refractivity contribution in [1.29, 1.82) is 0 Å². The second-order valence-electron chi connectivity index (χ2n) is 7.90. The highest BCUT2D eigenvalue weighted by molar-refractivity contribution is 14.0. The SMILES string of the molecule is CCNC(=NCc1ccc(N2CCCC2=O)cc1)NCC(C)N1CCOCC1C.I. The highest BCUT2D eigenvalue weighted by Gasteiger charge is 2.23. The monoisotopic (exact) mass is 529 g/mol. The van der Waals surface area contributed by atoms with E-state index >= 15 is 0 Å². The van der Waals surface area contributed by atoms with E-state index in [0.29, 0.717) is 25.0 Å². The van der Waals surface area contributed by atoms with Gasteiger partial charge in [-0.05, 0) is 44.9 Å². The van der Waals surface area contributed by atoms with Gasteiger partial charge in [0.15, 0.2) is 5.96 Å². The van der Waals surface area contributed by atoms with E-state index in [4.69, 9.17) is 9.73 Å². The summed E-state index contributed by atoms with van der Waals surface area (Å²) < 4.78 is 5.54. The van der Waals surface area contributed by atoms with E-state index in [2.05, 4.69) is 48.4 Å². The van der Waals surface area contributed by atoms with Gasteiger partial charge in [-0.3, -0.25) is 9.69 Å². The minimum Gasteiger partial charge on any atom is -0.379 e. The number of carbonyl (C=O) groups excluding carboxylic acids is 1. The van der Waals surface area contributed by atoms with Crippen LogP contribution < -0.4 is 15.5 Å². The first-order valence-electron chi connectivity index (χ1n) is 10.8. The Bertz CT molecular complexity index is 697. The molecule has 7 nitrogen and oxygen atoms in total. The number of anilines is 1. The van der Waals surface area contributed by atoms with Gasteiger partial charge >= 0.3 is 0 Å². The summed E-state index contributed by atoms with van der Waals surface area (Å²) in [5.41, 5.74) is 2.12. The van der Waals surface area contributed by atoms with E-state index in [0.717, 1.165) is 63.0 Å². The third kappa shape index (κ3) is 6.81. The van der Waals surface area contributed by atoms with Crippen LogP contribution in [0.15, 0.2) is 29.3 Å². The second-order valence-corrected chi connectivity index (χ2v) is 7.90. The number of hydrogen-bond acceptors (Lipinski definition) is 4. The van der Waals surface area contributed by atoms with E-state index < -0.39 is 0 Å². The van der Waals surface area contributed by atoms with Gasteiger partial charge in [-0.1, -0.05) is 12.1 Å². The summed E-state index contributed by atoms with van der Waals surface area (Å²) in [5.74, 6) is 1.05. The lowest BCUT2D eigenvalue weighted by Gasteiger charge is -2.38. The Kier molecular flexibility index (Phi) is 10.3. The molecule has 2 aliphatic heterocycles. The maximum Gasteiger partial charge on any atom is 0.227 e. The number of hydrogen-bond donors (Lipinski definition) is 2. The Morgan fingerprint density at radius 1 is 1.27 bits per heavy atom. The molecule has 2 saturated heterocycles. The van der Waals surface area contributed by atoms with Crippen LogP contribution in [0.2, 0.25) is 0 Å². The van der Waals surface area contributed by atoms with Crippen molar-refractivity contribution in [3.8, 4) is 0 Å². The molecule has 0 radical (unpaired) electrons. The van der Waals surface area contributed by atoms with Crippen molar-refractivity contribution in [3.05, 3.63) is 29.8 Å². The molecule has 3 rings (SSSR count). The lowest BCUT2D eigenvalue weighted by molar-refractivity contribution is -0.117. The number of aliphatic imine (C=N–C) groups is 1. The standard InChI is InChI=1S/C22H35N5O2.HI/c1-4-23-22(24-14-17(2)26-12-13-29-16-18(26)3)25-15-19-7-9-20(10-8-19)27-11-5-6-21(27)28;/h7-10,17-18H,4-6,11-16H2,1-3H3,(H2,23,24,25);1H. The minimum absolute atomic E-state index is 0. The van der Waals surface area contributed by atoms with Gasteiger partial charge in [0, 0.05) is 50.4 Å². The molecule has 2 aliphatic rings. The van der Waals surface area contributed by atoms with Crippen LogP contribution in [-0.4, -0.2) is 68.2 Å². The molecule has 8 heteroatoms. The number of ether oxygens (including phenoxy) is 1. The Hall–Kier alpha value is -1.39. The summed E-state index contributed by atoms with van der Waals surface area (Å²) in [5, 5.41) is 6.80. The van der Waals surface area contributed by atoms with Crippen LogP contribution >= 0.6 is 24.0 Å². The first kappa shape index (κ1) is 24.9. The summed E-state index contributed by atoms with van der Waals surface area (Å²) in [6.07, 6.45) is 1.61. The van der Waals surface area contributed by atoms with Crippen molar-refractivity contribution >= 4 is 41.5 Å². The third-order valence-electron chi connectivity index (χ3n) is 5.64. The first-order chi connectivity index (χ1) is 14.1. The summed E-state index contributed by atoms with van der Waals surface area (Å²) in [6.45, 7) is 12.2. The lowest BCUT2D eigenvalue weighted by Crippen LogP contribution is -2.53. The minimum atomic E-state index is 0. The molecular weight excluding hydrogens is 493 g/mol. The topological polar surface area (TPSA) is 69.2 Å². The molecule has 0 aromatic heterocycles. The number of rotatable bonds is 7. The molecule has 0 bridgehead atoms. The molecular formula is C22H36IN5O2. The predicted molar refractivity (Wildman–Crippen MR) is 133 cm³/mol. The molecule has 30 heavy (non-hydrogen) atoms. The fraction of sp³-hybridized carbons (Fsp3) is 0.636. The van der Waals surface area contributed by atoms with Crippen molar-refractivity contribution in [1.82, 2.24) is 15.5 Å². The van der Waals surface area contributed by atoms with Gasteiger partial charge in [0.2, 0.25) is 5.91 Å². The van der Waals surface area contributed by atoms with Crippen LogP contribution in [-0.2, 0) is 16.1 Å². The predicted octanol–water partition coefficient (Wildman–Crippen LogP) is 2.60. The number of guanidine groups is 1. The number of halogens is 1. The van der Waals surface area contributed by atoms with Gasteiger partial charge in [-0.15, -0.1) is 24.0 Å². The van der Waals surface area contributed by atoms with E-state index in [1.807, 2.05) is 17.0 Å². The van der Waals surface area contributed by atoms with Gasteiger partial charge in [0.05, 0.1) is 19.8 Å². The van der Waals surface area contributed by atoms with Crippen molar-refractivity contribution in [3.63, 3.8) is 0 Å². The van der Waals surface area contributed by atoms with Gasteiger partial charge in [0.25, 0.3) is 0 Å². The lowest BCUT2D eigenvalue weighted by atomic mass is 10.2. The first-order valence-corrected chi connectivity index (χ1v) is 10.8. The van der Waals surface area contributed by atoms with Crippen LogP contribution in [0.3, 0.4) is 0 Å². The Morgan fingerprint density at radius 2 is 2.03 bits per heavy atom. The zero-order chi connectivity index (χ0) is 20.6. The number of nitrogens with one attached hydrogen (secondary N) is 2. The molecule has 2 heterocycles. The molecule has 2 fully saturated rings. The summed E-state index contributed by atoms with van der Waals surface area (Å²) in [6, 6.07) is 9.03. The van der Waals surface area contributed by atoms with Crippen LogP contribution in [0.5, 0.6) is 0 Å². The second kappa shape index (κ2) is 12.5. The average molecular weight is 529 g/mol. The van der Waals surface area contributed by atoms with Gasteiger partial charge in [0.1, 0.15) is 0 Å². The Labute approximate surface area is 197 Å². The highest BCUT2D eigenvalue weighted by Crippen LogP contribution is 2.21. The fourth-order valence-corrected chi connectivity index (χ4v) is 3.97. The molecule has 0 aliphatic carbocycles. The van der Waals surface area contributed by atoms with Crippen LogP contribution in [0.25, 0.3) is 0 Å². The molecule has 0 saturated carbocycles. The molecule has 2 unspecified atom stereocenters. The number of nitrogens with zero attached hydrogens (tertiary/aromatic N) is 3. The van der Waals surface area contributed by atoms with Crippen LogP contribution in [0.1, 0.15) is 39.2 Å². The molecule has 2 atom stereocenters. The largest absolute Gasteiger partial charge is 0.379 e.